The maximum Gasteiger partial charge on any atom is 0.405 e. The Morgan fingerprint density at radius 2 is 1.79 bits per heavy atom. The van der Waals surface area contributed by atoms with Gasteiger partial charge in [0.1, 0.15) is 22.9 Å². The fraction of sp³-hybridized carbons (Fsp3) is 0.344. The molecule has 0 saturated carbocycles. The molecule has 12 nitrogen and oxygen atoms in total. The molecular weight excluding hydrogens is 632 g/mol. The zero-order valence-corrected chi connectivity index (χ0v) is 27.0. The number of aromatic nitrogens is 3. The van der Waals surface area contributed by atoms with Gasteiger partial charge in [-0.15, -0.1) is 0 Å². The first-order valence-electron chi connectivity index (χ1n) is 14.7. The number of aryl methyl sites for hydroxylation is 1. The Balaban J connectivity index is 1.70. The van der Waals surface area contributed by atoms with E-state index in [0.29, 0.717) is 48.2 Å². The van der Waals surface area contributed by atoms with Crippen molar-refractivity contribution in [1.29, 1.82) is 0 Å². The minimum absolute atomic E-state index is 0.164. The van der Waals surface area contributed by atoms with E-state index >= 15 is 0 Å². The number of benzene rings is 2. The predicted octanol–water partition coefficient (Wildman–Crippen LogP) is 3.35. The van der Waals surface area contributed by atoms with E-state index in [4.69, 9.17) is 0 Å². The molecule has 1 aliphatic heterocycles. The smallest absolute Gasteiger partial charge is 0.405 e. The van der Waals surface area contributed by atoms with E-state index < -0.39 is 40.6 Å². The van der Waals surface area contributed by atoms with Crippen LogP contribution in [0.1, 0.15) is 36.8 Å². The monoisotopic (exact) mass is 666 g/mol. The Kier molecular flexibility index (Phi) is 9.89. The highest BCUT2D eigenvalue weighted by molar-refractivity contribution is 7.80. The topological polar surface area (TPSA) is 150 Å². The van der Waals surface area contributed by atoms with Crippen molar-refractivity contribution < 1.29 is 32.6 Å². The van der Waals surface area contributed by atoms with E-state index in [2.05, 4.69) is 32.1 Å². The van der Waals surface area contributed by atoms with Crippen molar-refractivity contribution >= 4 is 34.1 Å². The number of hydrazine groups is 1. The van der Waals surface area contributed by atoms with E-state index in [-0.39, 0.29) is 29.2 Å². The molecule has 2 atom stereocenters. The third kappa shape index (κ3) is 7.92. The maximum absolute atomic E-state index is 14.2. The predicted molar refractivity (Wildman–Crippen MR) is 172 cm³/mol. The van der Waals surface area contributed by atoms with Crippen molar-refractivity contribution in [2.45, 2.75) is 31.9 Å². The molecule has 4 aromatic rings. The number of hydrogen-bond acceptors (Lipinski definition) is 8. The first kappa shape index (κ1) is 33.9. The second-order valence-electron chi connectivity index (χ2n) is 11.8. The van der Waals surface area contributed by atoms with Gasteiger partial charge in [-0.05, 0) is 69.1 Å². The fourth-order valence-electron chi connectivity index (χ4n) is 5.54. The number of likely N-dealkylation sites (N-methyl/N-ethyl adjacent to an activating group) is 1. The molecule has 1 fully saturated rings. The summed E-state index contributed by atoms with van der Waals surface area (Å²) in [5, 5.41) is 29.2. The Labute approximate surface area is 273 Å². The molecule has 15 heteroatoms. The molecule has 2 unspecified atom stereocenters. The van der Waals surface area contributed by atoms with Gasteiger partial charge in [0.15, 0.2) is 5.82 Å². The largest absolute Gasteiger partial charge is 0.754 e. The van der Waals surface area contributed by atoms with Crippen LogP contribution in [0, 0.1) is 23.5 Å². The van der Waals surface area contributed by atoms with Crippen molar-refractivity contribution in [1.82, 2.24) is 30.0 Å². The van der Waals surface area contributed by atoms with Gasteiger partial charge in [-0.2, -0.15) is 5.10 Å². The number of pyridine rings is 1. The van der Waals surface area contributed by atoms with Crippen molar-refractivity contribution in [3.63, 3.8) is 0 Å². The van der Waals surface area contributed by atoms with Gasteiger partial charge in [0.2, 0.25) is 0 Å². The number of carboxylic acid groups (broad SMARTS) is 1. The molecule has 2 aromatic heterocycles. The summed E-state index contributed by atoms with van der Waals surface area (Å²) in [6.07, 6.45) is -1.56. The van der Waals surface area contributed by atoms with Gasteiger partial charge in [-0.3, -0.25) is 8.89 Å². The average Bonchev–Trinajstić information content (AvgIpc) is 3.31. The Bertz CT molecular complexity index is 1870. The highest BCUT2D eigenvalue weighted by Gasteiger charge is 2.28. The standard InChI is InChI=1S/C32H35F2N7O5S/c1-32(2,44)11-10-23-8-9-24(28(35-23)27(36-31(42)43)18-20-16-21(33)19-22(34)17-20)25-6-5-7-26-29(25)39(4)37-30(26)41(47(45)46)40-14-12-38(3)13-15-40/h5-9,16-17,19,27,36,44H,12-15,18H2,1-4H3,(H,42,43)(H,45,46)/p-1. The van der Waals surface area contributed by atoms with Gasteiger partial charge < -0.3 is 25.0 Å². The third-order valence-electron chi connectivity index (χ3n) is 7.61. The SMILES string of the molecule is CN1CCN(N(c2nn(C)c3c(-c4ccc(C#CC(C)(C)O)nc4C(Cc4cc(F)cc(F)c4)NC(=O)O)cccc23)S(=O)[O-])CC1. The lowest BCUT2D eigenvalue weighted by Crippen LogP contribution is -2.53. The molecular formula is C32H34F2N7O5S-. The number of aliphatic hydroxyl groups is 1. The van der Waals surface area contributed by atoms with Gasteiger partial charge in [-0.1, -0.05) is 18.1 Å². The Hall–Kier alpha value is -4.46. The molecule has 248 valence electrons. The number of piperazine rings is 1. The maximum atomic E-state index is 14.2. The van der Waals surface area contributed by atoms with Crippen LogP contribution in [0.4, 0.5) is 19.4 Å². The summed E-state index contributed by atoms with van der Waals surface area (Å²) in [4.78, 5) is 18.8. The zero-order valence-electron chi connectivity index (χ0n) is 26.2. The number of nitrogens with zero attached hydrogens (tertiary/aromatic N) is 6. The van der Waals surface area contributed by atoms with Crippen LogP contribution in [0.3, 0.4) is 0 Å². The van der Waals surface area contributed by atoms with Crippen LogP contribution in [0.25, 0.3) is 22.0 Å². The van der Waals surface area contributed by atoms with Gasteiger partial charge in [0, 0.05) is 55.8 Å². The summed E-state index contributed by atoms with van der Waals surface area (Å²) in [6.45, 7) is 5.26. The van der Waals surface area contributed by atoms with Crippen molar-refractivity contribution in [2.24, 2.45) is 7.05 Å². The number of fused-ring (bicyclic) bond motifs is 1. The van der Waals surface area contributed by atoms with Gasteiger partial charge in [0.05, 0.1) is 28.5 Å². The summed E-state index contributed by atoms with van der Waals surface area (Å²) in [5.74, 6) is 4.05. The molecule has 2 aromatic carbocycles. The summed E-state index contributed by atoms with van der Waals surface area (Å²) in [5.41, 5.74) is 0.786. The number of anilines is 1. The second-order valence-corrected chi connectivity index (χ2v) is 12.6. The molecule has 0 radical (unpaired) electrons. The minimum Gasteiger partial charge on any atom is -0.754 e. The lowest BCUT2D eigenvalue weighted by molar-refractivity contribution is 0.143. The molecule has 0 aliphatic carbocycles. The Morgan fingerprint density at radius 3 is 2.40 bits per heavy atom. The molecule has 3 heterocycles. The van der Waals surface area contributed by atoms with E-state index in [0.717, 1.165) is 22.6 Å². The summed E-state index contributed by atoms with van der Waals surface area (Å²) >= 11 is -2.68. The van der Waals surface area contributed by atoms with Crippen LogP contribution >= 0.6 is 0 Å². The molecule has 1 amide bonds. The molecule has 1 aliphatic rings. The van der Waals surface area contributed by atoms with Gasteiger partial charge in [-0.25, -0.2) is 28.0 Å². The van der Waals surface area contributed by atoms with E-state index in [9.17, 15) is 32.6 Å². The van der Waals surface area contributed by atoms with Crippen LogP contribution in [-0.2, 0) is 24.7 Å². The molecule has 0 spiro atoms. The zero-order chi connectivity index (χ0) is 34.0. The number of rotatable bonds is 8. The summed E-state index contributed by atoms with van der Waals surface area (Å²) < 4.78 is 56.2. The highest BCUT2D eigenvalue weighted by atomic mass is 32.2. The number of hydrogen-bond donors (Lipinski definition) is 3. The van der Waals surface area contributed by atoms with E-state index in [1.165, 1.54) is 13.8 Å². The highest BCUT2D eigenvalue weighted by Crippen LogP contribution is 2.38. The van der Waals surface area contributed by atoms with Crippen LogP contribution in [-0.4, -0.2) is 88.6 Å². The van der Waals surface area contributed by atoms with Crippen LogP contribution < -0.4 is 9.73 Å². The van der Waals surface area contributed by atoms with Crippen molar-refractivity contribution in [3.05, 3.63) is 77.1 Å². The number of halogens is 2. The molecule has 5 rings (SSSR count). The third-order valence-corrected chi connectivity index (χ3v) is 8.29. The summed E-state index contributed by atoms with van der Waals surface area (Å²) in [6, 6.07) is 10.4. The minimum atomic E-state index is -2.68. The molecule has 1 saturated heterocycles. The molecule has 47 heavy (non-hydrogen) atoms. The van der Waals surface area contributed by atoms with Crippen LogP contribution in [0.5, 0.6) is 0 Å². The van der Waals surface area contributed by atoms with Crippen LogP contribution in [0.2, 0.25) is 0 Å². The lowest BCUT2D eigenvalue weighted by atomic mass is 9.94. The number of para-hydroxylation sites is 1. The number of nitrogens with one attached hydrogen (secondary N) is 1. The van der Waals surface area contributed by atoms with Crippen molar-refractivity contribution in [3.8, 4) is 23.0 Å². The second kappa shape index (κ2) is 13.7. The average molecular weight is 667 g/mol. The first-order chi connectivity index (χ1) is 22.2. The Morgan fingerprint density at radius 1 is 1.11 bits per heavy atom. The lowest BCUT2D eigenvalue weighted by Gasteiger charge is -2.40. The fourth-order valence-corrected chi connectivity index (χ4v) is 6.17. The molecule has 0 bridgehead atoms. The number of carbonyl (C=O) groups is 1. The quantitative estimate of drug-likeness (QED) is 0.190. The number of amides is 1. The first-order valence-corrected chi connectivity index (χ1v) is 15.7. The van der Waals surface area contributed by atoms with Crippen molar-refractivity contribution in [2.75, 3.05) is 37.6 Å². The molecule has 3 N–H and O–H groups in total. The summed E-state index contributed by atoms with van der Waals surface area (Å²) in [7, 11) is 3.63. The normalized spacial score (nSPS) is 15.6. The van der Waals surface area contributed by atoms with E-state index in [1.54, 1.807) is 47.1 Å². The van der Waals surface area contributed by atoms with Gasteiger partial charge >= 0.3 is 6.09 Å². The van der Waals surface area contributed by atoms with Gasteiger partial charge in [0.25, 0.3) is 0 Å². The van der Waals surface area contributed by atoms with E-state index in [1.807, 2.05) is 7.05 Å². The van der Waals surface area contributed by atoms with Crippen LogP contribution in [0.15, 0.2) is 48.5 Å².